The van der Waals surface area contributed by atoms with Gasteiger partial charge in [0, 0.05) is 6.07 Å². The lowest BCUT2D eigenvalue weighted by Crippen LogP contribution is -2.38. The lowest BCUT2D eigenvalue weighted by atomic mass is 10.3. The van der Waals surface area contributed by atoms with E-state index in [2.05, 4.69) is 0 Å². The van der Waals surface area contributed by atoms with Crippen LogP contribution in [0.4, 0.5) is 14.5 Å². The highest BCUT2D eigenvalue weighted by atomic mass is 32.2. The fourth-order valence-corrected chi connectivity index (χ4v) is 2.65. The number of nitrogens with zero attached hydrogens (tertiary/aromatic N) is 1. The maximum atomic E-state index is 13.8. The lowest BCUT2D eigenvalue weighted by Gasteiger charge is -2.23. The summed E-state index contributed by atoms with van der Waals surface area (Å²) in [4.78, 5) is 11.7. The first-order valence-corrected chi connectivity index (χ1v) is 7.93. The van der Waals surface area contributed by atoms with Crippen LogP contribution in [0.15, 0.2) is 18.2 Å². The lowest BCUT2D eigenvalue weighted by molar-refractivity contribution is -0.145. The van der Waals surface area contributed by atoms with Crippen LogP contribution in [-0.2, 0) is 19.6 Å². The Labute approximate surface area is 122 Å². The van der Waals surface area contributed by atoms with Crippen LogP contribution in [0, 0.1) is 11.6 Å². The van der Waals surface area contributed by atoms with Crippen molar-refractivity contribution in [3.8, 4) is 0 Å². The Bertz CT molecular complexity index is 617. The first kappa shape index (κ1) is 17.4. The SMILES string of the molecule is CCS(=O)(=O)N(CC(=O)OC(C)C)c1ccc(F)cc1F. The van der Waals surface area contributed by atoms with Crippen molar-refractivity contribution in [2.45, 2.75) is 26.9 Å². The molecule has 0 bridgehead atoms. The van der Waals surface area contributed by atoms with E-state index in [1.54, 1.807) is 13.8 Å². The third kappa shape index (κ3) is 4.66. The highest BCUT2D eigenvalue weighted by Gasteiger charge is 2.27. The summed E-state index contributed by atoms with van der Waals surface area (Å²) < 4.78 is 56.2. The molecule has 0 saturated carbocycles. The van der Waals surface area contributed by atoms with Crippen molar-refractivity contribution in [1.29, 1.82) is 0 Å². The molecular formula is C13H17F2NO4S. The van der Waals surface area contributed by atoms with Crippen molar-refractivity contribution in [2.75, 3.05) is 16.6 Å². The van der Waals surface area contributed by atoms with E-state index in [9.17, 15) is 22.0 Å². The van der Waals surface area contributed by atoms with Crippen molar-refractivity contribution in [1.82, 2.24) is 0 Å². The first-order valence-electron chi connectivity index (χ1n) is 6.32. The molecular weight excluding hydrogens is 304 g/mol. The van der Waals surface area contributed by atoms with Gasteiger partial charge in [0.1, 0.15) is 18.2 Å². The van der Waals surface area contributed by atoms with Gasteiger partial charge in [-0.2, -0.15) is 0 Å². The molecule has 0 aliphatic carbocycles. The van der Waals surface area contributed by atoms with Crippen molar-refractivity contribution in [3.63, 3.8) is 0 Å². The maximum absolute atomic E-state index is 13.8. The van der Waals surface area contributed by atoms with Gasteiger partial charge in [-0.15, -0.1) is 0 Å². The molecule has 21 heavy (non-hydrogen) atoms. The Morgan fingerprint density at radius 1 is 1.33 bits per heavy atom. The van der Waals surface area contributed by atoms with Gasteiger partial charge < -0.3 is 4.74 Å². The summed E-state index contributed by atoms with van der Waals surface area (Å²) in [5.74, 6) is -3.05. The van der Waals surface area contributed by atoms with Gasteiger partial charge in [0.2, 0.25) is 10.0 Å². The van der Waals surface area contributed by atoms with Crippen LogP contribution in [0.1, 0.15) is 20.8 Å². The largest absolute Gasteiger partial charge is 0.462 e. The van der Waals surface area contributed by atoms with Crippen LogP contribution < -0.4 is 4.31 Å². The van der Waals surface area contributed by atoms with Gasteiger partial charge in [0.05, 0.1) is 17.5 Å². The fraction of sp³-hybridized carbons (Fsp3) is 0.462. The van der Waals surface area contributed by atoms with E-state index in [0.717, 1.165) is 12.1 Å². The molecule has 0 aliphatic rings. The third-order valence-electron chi connectivity index (χ3n) is 2.52. The number of rotatable bonds is 6. The first-order chi connectivity index (χ1) is 9.67. The van der Waals surface area contributed by atoms with E-state index < -0.39 is 40.3 Å². The molecule has 1 rings (SSSR count). The quantitative estimate of drug-likeness (QED) is 0.753. The smallest absolute Gasteiger partial charge is 0.327 e. The summed E-state index contributed by atoms with van der Waals surface area (Å²) in [5.41, 5.74) is -0.390. The summed E-state index contributed by atoms with van der Waals surface area (Å²) in [6.45, 7) is 3.90. The number of hydrogen-bond acceptors (Lipinski definition) is 4. The third-order valence-corrected chi connectivity index (χ3v) is 4.25. The Balaban J connectivity index is 3.18. The Morgan fingerprint density at radius 2 is 1.95 bits per heavy atom. The summed E-state index contributed by atoms with van der Waals surface area (Å²) in [7, 11) is -3.91. The van der Waals surface area contributed by atoms with Gasteiger partial charge in [-0.1, -0.05) is 0 Å². The molecule has 0 fully saturated rings. The minimum Gasteiger partial charge on any atom is -0.462 e. The Kier molecular flexibility index (Phi) is 5.65. The minimum absolute atomic E-state index is 0.335. The molecule has 0 radical (unpaired) electrons. The monoisotopic (exact) mass is 321 g/mol. The van der Waals surface area contributed by atoms with E-state index in [-0.39, 0.29) is 11.4 Å². The standard InChI is InChI=1S/C13H17F2NO4S/c1-4-21(18,19)16(8-13(17)20-9(2)3)12-6-5-10(14)7-11(12)15/h5-7,9H,4,8H2,1-3H3. The van der Waals surface area contributed by atoms with E-state index in [0.29, 0.717) is 10.4 Å². The molecule has 0 N–H and O–H groups in total. The van der Waals surface area contributed by atoms with Gasteiger partial charge in [0.15, 0.2) is 0 Å². The van der Waals surface area contributed by atoms with Crippen LogP contribution in [0.2, 0.25) is 0 Å². The predicted molar refractivity (Wildman–Crippen MR) is 74.4 cm³/mol. The number of halogens is 2. The summed E-state index contributed by atoms with van der Waals surface area (Å²) in [6, 6.07) is 2.45. The number of carbonyl (C=O) groups excluding carboxylic acids is 1. The molecule has 118 valence electrons. The molecule has 0 aromatic heterocycles. The van der Waals surface area contributed by atoms with Crippen LogP contribution in [0.3, 0.4) is 0 Å². The molecule has 0 unspecified atom stereocenters. The number of ether oxygens (including phenoxy) is 1. The predicted octanol–water partition coefficient (Wildman–Crippen LogP) is 2.07. The van der Waals surface area contributed by atoms with Gasteiger partial charge in [-0.05, 0) is 32.9 Å². The molecule has 0 saturated heterocycles. The minimum atomic E-state index is -3.91. The van der Waals surface area contributed by atoms with E-state index in [1.807, 2.05) is 0 Å². The maximum Gasteiger partial charge on any atom is 0.327 e. The average molecular weight is 321 g/mol. The van der Waals surface area contributed by atoms with Crippen molar-refractivity contribution < 1.29 is 26.7 Å². The summed E-state index contributed by atoms with van der Waals surface area (Å²) in [6.07, 6.45) is -0.429. The van der Waals surface area contributed by atoms with Gasteiger partial charge in [0.25, 0.3) is 0 Å². The molecule has 0 atom stereocenters. The van der Waals surface area contributed by atoms with Crippen molar-refractivity contribution in [3.05, 3.63) is 29.8 Å². The van der Waals surface area contributed by atoms with Crippen LogP contribution in [0.25, 0.3) is 0 Å². The highest BCUT2D eigenvalue weighted by Crippen LogP contribution is 2.23. The van der Waals surface area contributed by atoms with Crippen molar-refractivity contribution in [2.24, 2.45) is 0 Å². The van der Waals surface area contributed by atoms with Crippen LogP contribution >= 0.6 is 0 Å². The molecule has 0 heterocycles. The van der Waals surface area contributed by atoms with E-state index in [1.165, 1.54) is 6.92 Å². The second-order valence-electron chi connectivity index (χ2n) is 4.54. The second kappa shape index (κ2) is 6.84. The van der Waals surface area contributed by atoms with E-state index in [4.69, 9.17) is 4.74 Å². The highest BCUT2D eigenvalue weighted by molar-refractivity contribution is 7.92. The number of benzene rings is 1. The van der Waals surface area contributed by atoms with Crippen LogP contribution in [0.5, 0.6) is 0 Å². The van der Waals surface area contributed by atoms with E-state index >= 15 is 0 Å². The van der Waals surface area contributed by atoms with Crippen LogP contribution in [-0.4, -0.2) is 32.8 Å². The molecule has 5 nitrogen and oxygen atoms in total. The summed E-state index contributed by atoms with van der Waals surface area (Å²) in [5, 5.41) is 0. The van der Waals surface area contributed by atoms with Gasteiger partial charge in [-0.25, -0.2) is 17.2 Å². The normalized spacial score (nSPS) is 11.5. The zero-order valence-corrected chi connectivity index (χ0v) is 12.8. The van der Waals surface area contributed by atoms with Gasteiger partial charge >= 0.3 is 5.97 Å². The average Bonchev–Trinajstić information content (AvgIpc) is 2.35. The van der Waals surface area contributed by atoms with Gasteiger partial charge in [-0.3, -0.25) is 9.10 Å². The molecule has 1 aromatic rings. The molecule has 0 aliphatic heterocycles. The second-order valence-corrected chi connectivity index (χ2v) is 6.72. The molecule has 0 spiro atoms. The Hall–Kier alpha value is -1.70. The Morgan fingerprint density at radius 3 is 2.43 bits per heavy atom. The topological polar surface area (TPSA) is 63.7 Å². The molecule has 1 aromatic carbocycles. The molecule has 8 heteroatoms. The zero-order chi connectivity index (χ0) is 16.2. The fourth-order valence-electron chi connectivity index (χ4n) is 1.59. The molecule has 0 amide bonds. The number of sulfonamides is 1. The number of hydrogen-bond donors (Lipinski definition) is 0. The summed E-state index contributed by atoms with van der Waals surface area (Å²) >= 11 is 0. The number of esters is 1. The van der Waals surface area contributed by atoms with Crippen molar-refractivity contribution >= 4 is 21.7 Å². The zero-order valence-electron chi connectivity index (χ0n) is 12.0. The number of anilines is 1. The number of carbonyl (C=O) groups is 1.